The smallest absolute Gasteiger partial charge is 0.0992 e. The summed E-state index contributed by atoms with van der Waals surface area (Å²) in [7, 11) is 0. The second kappa shape index (κ2) is 0.937. The molecule has 0 aromatic heterocycles. The summed E-state index contributed by atoms with van der Waals surface area (Å²) in [5.74, 6) is 0. The van der Waals surface area contributed by atoms with Crippen LogP contribution >= 0.6 is 12.2 Å². The van der Waals surface area contributed by atoms with Crippen LogP contribution in [0.1, 0.15) is 6.42 Å². The predicted molar refractivity (Wildman–Crippen MR) is 24.2 cm³/mol. The van der Waals surface area contributed by atoms with Crippen molar-refractivity contribution >= 4 is 17.2 Å². The summed E-state index contributed by atoms with van der Waals surface area (Å²) in [6.07, 6.45) is 1.05. The zero-order chi connectivity index (χ0) is 3.70. The van der Waals surface area contributed by atoms with Gasteiger partial charge in [0.25, 0.3) is 0 Å². The first kappa shape index (κ1) is 3.09. The van der Waals surface area contributed by atoms with Crippen molar-refractivity contribution in [1.29, 1.82) is 0 Å². The average molecular weight is 86.1 g/mol. The van der Waals surface area contributed by atoms with Gasteiger partial charge in [0.15, 0.2) is 0 Å². The van der Waals surface area contributed by atoms with Gasteiger partial charge in [0.2, 0.25) is 0 Å². The highest BCUT2D eigenvalue weighted by atomic mass is 32.1. The van der Waals surface area contributed by atoms with E-state index in [0.717, 1.165) is 18.0 Å². The molecule has 5 heavy (non-hydrogen) atoms. The van der Waals surface area contributed by atoms with Crippen molar-refractivity contribution in [2.75, 3.05) is 6.54 Å². The lowest BCUT2D eigenvalue weighted by Crippen LogP contribution is -2.27. The second-order valence-electron chi connectivity index (χ2n) is 1.03. The molecule has 0 saturated carbocycles. The van der Waals surface area contributed by atoms with Crippen molar-refractivity contribution in [1.82, 2.24) is 5.32 Å². The van der Waals surface area contributed by atoms with Crippen LogP contribution < -0.4 is 5.32 Å². The van der Waals surface area contributed by atoms with Crippen molar-refractivity contribution in [2.24, 2.45) is 0 Å². The van der Waals surface area contributed by atoms with Crippen LogP contribution in [0.3, 0.4) is 0 Å². The molecule has 1 fully saturated rings. The minimum atomic E-state index is 0.894. The Labute approximate surface area is 36.4 Å². The third-order valence-corrected chi connectivity index (χ3v) is 0.947. The molecule has 0 atom stereocenters. The molecule has 1 aliphatic rings. The van der Waals surface area contributed by atoms with Gasteiger partial charge in [-0.05, 0) is 0 Å². The van der Waals surface area contributed by atoms with Crippen molar-refractivity contribution in [3.05, 3.63) is 0 Å². The fourth-order valence-electron chi connectivity index (χ4n) is 0.203. The van der Waals surface area contributed by atoms with Gasteiger partial charge in [0.05, 0.1) is 4.99 Å². The molecular weight excluding hydrogens is 82.1 g/mol. The van der Waals surface area contributed by atoms with Crippen molar-refractivity contribution in [3.8, 4) is 0 Å². The van der Waals surface area contributed by atoms with E-state index in [9.17, 15) is 0 Å². The third-order valence-electron chi connectivity index (χ3n) is 0.614. The molecule has 0 spiro atoms. The standard InChI is InChI=1S/C3H4NS/c5-3-1-2-4-3/h1-2H2. The molecule has 0 unspecified atom stereocenters. The fraction of sp³-hybridized carbons (Fsp3) is 0.667. The molecule has 0 amide bonds. The molecule has 1 rings (SSSR count). The molecular formula is C3H4NS. The molecule has 1 aliphatic heterocycles. The monoisotopic (exact) mass is 86.0 g/mol. The van der Waals surface area contributed by atoms with Gasteiger partial charge in [-0.1, -0.05) is 12.2 Å². The topological polar surface area (TPSA) is 14.1 Å². The lowest BCUT2D eigenvalue weighted by Gasteiger charge is -2.10. The highest BCUT2D eigenvalue weighted by molar-refractivity contribution is 7.80. The summed E-state index contributed by atoms with van der Waals surface area (Å²) < 4.78 is 0. The van der Waals surface area contributed by atoms with Crippen LogP contribution in [0.25, 0.3) is 0 Å². The first-order valence-electron chi connectivity index (χ1n) is 1.60. The number of hydrogen-bond donors (Lipinski definition) is 0. The Hall–Kier alpha value is -0.110. The van der Waals surface area contributed by atoms with Gasteiger partial charge in [0.1, 0.15) is 0 Å². The largest absolute Gasteiger partial charge is 0.278 e. The van der Waals surface area contributed by atoms with Crippen LogP contribution in [0, 0.1) is 0 Å². The Morgan fingerprint density at radius 3 is 2.20 bits per heavy atom. The normalized spacial score (nSPS) is 20.4. The number of thiocarbonyl (C=S) groups is 1. The molecule has 1 nitrogen and oxygen atoms in total. The molecule has 0 aromatic carbocycles. The van der Waals surface area contributed by atoms with E-state index in [1.165, 1.54) is 0 Å². The van der Waals surface area contributed by atoms with Gasteiger partial charge >= 0.3 is 0 Å². The summed E-state index contributed by atoms with van der Waals surface area (Å²) in [5, 5.41) is 3.80. The van der Waals surface area contributed by atoms with Crippen LogP contribution in [-0.4, -0.2) is 11.5 Å². The van der Waals surface area contributed by atoms with E-state index in [-0.39, 0.29) is 0 Å². The second-order valence-corrected chi connectivity index (χ2v) is 1.50. The van der Waals surface area contributed by atoms with Crippen LogP contribution in [0.15, 0.2) is 0 Å². The number of rotatable bonds is 0. The summed E-state index contributed by atoms with van der Waals surface area (Å²) >= 11 is 4.62. The Balaban J connectivity index is 2.32. The maximum absolute atomic E-state index is 4.62. The summed E-state index contributed by atoms with van der Waals surface area (Å²) in [4.78, 5) is 0.894. The molecule has 0 aromatic rings. The zero-order valence-electron chi connectivity index (χ0n) is 2.77. The van der Waals surface area contributed by atoms with Crippen LogP contribution in [0.2, 0.25) is 0 Å². The predicted octanol–water partition coefficient (Wildman–Crippen LogP) is 0.322. The summed E-state index contributed by atoms with van der Waals surface area (Å²) in [6.45, 7) is 0.971. The third kappa shape index (κ3) is 0.401. The lowest BCUT2D eigenvalue weighted by molar-refractivity contribution is 0.794. The van der Waals surface area contributed by atoms with Crippen LogP contribution in [0.5, 0.6) is 0 Å². The number of hydrogen-bond acceptors (Lipinski definition) is 1. The first-order chi connectivity index (χ1) is 2.39. The highest BCUT2D eigenvalue weighted by Gasteiger charge is 2.05. The Kier molecular flexibility index (Phi) is 0.580. The van der Waals surface area contributed by atoms with E-state index in [1.54, 1.807) is 0 Å². The molecule has 0 aliphatic carbocycles. The van der Waals surface area contributed by atoms with E-state index < -0.39 is 0 Å². The van der Waals surface area contributed by atoms with E-state index in [0.29, 0.717) is 0 Å². The van der Waals surface area contributed by atoms with Gasteiger partial charge in [0, 0.05) is 13.0 Å². The van der Waals surface area contributed by atoms with E-state index in [1.807, 2.05) is 0 Å². The van der Waals surface area contributed by atoms with Crippen molar-refractivity contribution < 1.29 is 0 Å². The molecule has 2 heteroatoms. The van der Waals surface area contributed by atoms with Crippen LogP contribution in [-0.2, 0) is 0 Å². The highest BCUT2D eigenvalue weighted by Crippen LogP contribution is 1.93. The van der Waals surface area contributed by atoms with Crippen LogP contribution in [0.4, 0.5) is 0 Å². The molecule has 0 bridgehead atoms. The van der Waals surface area contributed by atoms with Gasteiger partial charge in [-0.15, -0.1) is 0 Å². The van der Waals surface area contributed by atoms with E-state index in [4.69, 9.17) is 0 Å². The van der Waals surface area contributed by atoms with Crippen molar-refractivity contribution in [3.63, 3.8) is 0 Å². The lowest BCUT2D eigenvalue weighted by atomic mass is 10.3. The SMILES string of the molecule is S=C1CC[N]1. The zero-order valence-corrected chi connectivity index (χ0v) is 3.59. The van der Waals surface area contributed by atoms with Gasteiger partial charge < -0.3 is 0 Å². The first-order valence-corrected chi connectivity index (χ1v) is 2.01. The average Bonchev–Trinajstić information content (AvgIpc) is 1.30. The van der Waals surface area contributed by atoms with Gasteiger partial charge in [-0.25, -0.2) is 0 Å². The quantitative estimate of drug-likeness (QED) is 0.387. The maximum Gasteiger partial charge on any atom is 0.0992 e. The molecule has 1 saturated heterocycles. The molecule has 0 N–H and O–H groups in total. The molecule has 1 radical (unpaired) electrons. The maximum atomic E-state index is 4.62. The van der Waals surface area contributed by atoms with E-state index in [2.05, 4.69) is 17.5 Å². The van der Waals surface area contributed by atoms with Gasteiger partial charge in [-0.3, -0.25) is 5.32 Å². The Morgan fingerprint density at radius 2 is 2.20 bits per heavy atom. The molecule has 27 valence electrons. The van der Waals surface area contributed by atoms with Gasteiger partial charge in [-0.2, -0.15) is 0 Å². The van der Waals surface area contributed by atoms with Crippen molar-refractivity contribution in [2.45, 2.75) is 6.42 Å². The molecule has 1 heterocycles. The Bertz CT molecular complexity index is 53.9. The fourth-order valence-corrected chi connectivity index (χ4v) is 0.386. The minimum Gasteiger partial charge on any atom is -0.278 e. The number of nitrogens with zero attached hydrogens (tertiary/aromatic N) is 1. The van der Waals surface area contributed by atoms with E-state index >= 15 is 0 Å². The summed E-state index contributed by atoms with van der Waals surface area (Å²) in [6, 6.07) is 0. The minimum absolute atomic E-state index is 0.894. The Morgan fingerprint density at radius 1 is 1.80 bits per heavy atom. The summed E-state index contributed by atoms with van der Waals surface area (Å²) in [5.41, 5.74) is 0.